The molecular weight excluding hydrogens is 367 g/mol. The van der Waals surface area contributed by atoms with Crippen LogP contribution in [0.2, 0.25) is 0 Å². The standard InChI is InChI=1S/C17H22F3N3O2S/c1-11(2)23-10-14(15(21-23)16(3,4)5)26(24,25)22-13-8-6-7-12(9-13)17(18,19)20/h6-11,22H,1-5H3. The van der Waals surface area contributed by atoms with Crippen LogP contribution in [0.25, 0.3) is 0 Å². The molecule has 2 rings (SSSR count). The molecule has 1 aromatic heterocycles. The first-order chi connectivity index (χ1) is 11.7. The van der Waals surface area contributed by atoms with Gasteiger partial charge in [0.1, 0.15) is 4.90 Å². The zero-order valence-electron chi connectivity index (χ0n) is 15.2. The molecule has 0 spiro atoms. The molecule has 0 fully saturated rings. The molecule has 26 heavy (non-hydrogen) atoms. The molecule has 0 unspecified atom stereocenters. The first kappa shape index (κ1) is 20.3. The van der Waals surface area contributed by atoms with Gasteiger partial charge in [-0.15, -0.1) is 0 Å². The van der Waals surface area contributed by atoms with E-state index in [0.29, 0.717) is 5.69 Å². The molecule has 0 saturated carbocycles. The number of alkyl halides is 3. The molecule has 1 N–H and O–H groups in total. The molecule has 1 heterocycles. The summed E-state index contributed by atoms with van der Waals surface area (Å²) in [5.74, 6) is 0. The zero-order valence-corrected chi connectivity index (χ0v) is 16.0. The lowest BCUT2D eigenvalue weighted by Gasteiger charge is -2.18. The van der Waals surface area contributed by atoms with E-state index in [9.17, 15) is 21.6 Å². The first-order valence-electron chi connectivity index (χ1n) is 8.01. The lowest BCUT2D eigenvalue weighted by Crippen LogP contribution is -2.20. The number of benzene rings is 1. The average molecular weight is 389 g/mol. The largest absolute Gasteiger partial charge is 0.416 e. The van der Waals surface area contributed by atoms with Gasteiger partial charge in [0.2, 0.25) is 0 Å². The summed E-state index contributed by atoms with van der Waals surface area (Å²) in [6.07, 6.45) is -3.15. The van der Waals surface area contributed by atoms with Gasteiger partial charge in [0.05, 0.1) is 11.3 Å². The van der Waals surface area contributed by atoms with E-state index in [4.69, 9.17) is 0 Å². The summed E-state index contributed by atoms with van der Waals surface area (Å²) in [6.45, 7) is 9.18. The summed E-state index contributed by atoms with van der Waals surface area (Å²) >= 11 is 0. The molecule has 0 atom stereocenters. The van der Waals surface area contributed by atoms with Gasteiger partial charge < -0.3 is 0 Å². The van der Waals surface area contributed by atoms with Gasteiger partial charge in [0.15, 0.2) is 0 Å². The molecule has 0 aliphatic carbocycles. The SMILES string of the molecule is CC(C)n1cc(S(=O)(=O)Nc2cccc(C(F)(F)F)c2)c(C(C)(C)C)n1. The monoisotopic (exact) mass is 389 g/mol. The summed E-state index contributed by atoms with van der Waals surface area (Å²) in [5.41, 5.74) is -1.29. The lowest BCUT2D eigenvalue weighted by atomic mass is 9.92. The Kier molecular flexibility index (Phi) is 5.15. The van der Waals surface area contributed by atoms with E-state index < -0.39 is 27.2 Å². The highest BCUT2D eigenvalue weighted by atomic mass is 32.2. The molecule has 5 nitrogen and oxygen atoms in total. The molecule has 0 bridgehead atoms. The number of sulfonamides is 1. The van der Waals surface area contributed by atoms with Crippen molar-refractivity contribution in [2.24, 2.45) is 0 Å². The van der Waals surface area contributed by atoms with Crippen molar-refractivity contribution in [3.63, 3.8) is 0 Å². The maximum atomic E-state index is 12.8. The highest BCUT2D eigenvalue weighted by molar-refractivity contribution is 7.92. The van der Waals surface area contributed by atoms with Gasteiger partial charge in [-0.25, -0.2) is 8.42 Å². The predicted molar refractivity (Wildman–Crippen MR) is 93.6 cm³/mol. The van der Waals surface area contributed by atoms with Crippen molar-refractivity contribution in [2.75, 3.05) is 4.72 Å². The van der Waals surface area contributed by atoms with E-state index >= 15 is 0 Å². The molecular formula is C17H22F3N3O2S. The van der Waals surface area contributed by atoms with Crippen LogP contribution in [0.3, 0.4) is 0 Å². The number of hydrogen-bond donors (Lipinski definition) is 1. The summed E-state index contributed by atoms with van der Waals surface area (Å²) in [5, 5.41) is 4.36. The average Bonchev–Trinajstić information content (AvgIpc) is 2.92. The Labute approximate surface area is 151 Å². The highest BCUT2D eigenvalue weighted by Gasteiger charge is 2.32. The second kappa shape index (κ2) is 6.61. The number of aromatic nitrogens is 2. The second-order valence-electron chi connectivity index (χ2n) is 7.35. The molecule has 2 aromatic rings. The van der Waals surface area contributed by atoms with Crippen molar-refractivity contribution in [3.8, 4) is 0 Å². The number of nitrogens with zero attached hydrogens (tertiary/aromatic N) is 2. The van der Waals surface area contributed by atoms with E-state index in [1.165, 1.54) is 16.9 Å². The van der Waals surface area contributed by atoms with Crippen LogP contribution in [0.15, 0.2) is 35.4 Å². The number of anilines is 1. The number of hydrogen-bond acceptors (Lipinski definition) is 3. The molecule has 1 aromatic carbocycles. The van der Waals surface area contributed by atoms with Crippen molar-refractivity contribution < 1.29 is 21.6 Å². The topological polar surface area (TPSA) is 64.0 Å². The van der Waals surface area contributed by atoms with Crippen LogP contribution >= 0.6 is 0 Å². The first-order valence-corrected chi connectivity index (χ1v) is 9.50. The third kappa shape index (κ3) is 4.38. The van der Waals surface area contributed by atoms with Crippen LogP contribution < -0.4 is 4.72 Å². The van der Waals surface area contributed by atoms with Crippen molar-refractivity contribution in [1.29, 1.82) is 0 Å². The maximum Gasteiger partial charge on any atom is 0.416 e. The zero-order chi connectivity index (χ0) is 19.9. The molecule has 0 aliphatic rings. The number of rotatable bonds is 4. The Morgan fingerprint density at radius 3 is 2.27 bits per heavy atom. The lowest BCUT2D eigenvalue weighted by molar-refractivity contribution is -0.137. The van der Waals surface area contributed by atoms with Crippen LogP contribution in [-0.2, 0) is 21.6 Å². The predicted octanol–water partition coefficient (Wildman–Crippen LogP) is 4.58. The Bertz CT molecular complexity index is 895. The molecule has 0 amide bonds. The van der Waals surface area contributed by atoms with Gasteiger partial charge >= 0.3 is 6.18 Å². The minimum Gasteiger partial charge on any atom is -0.280 e. The summed E-state index contributed by atoms with van der Waals surface area (Å²) in [7, 11) is -4.10. The van der Waals surface area contributed by atoms with E-state index in [0.717, 1.165) is 18.2 Å². The van der Waals surface area contributed by atoms with E-state index in [1.807, 2.05) is 34.6 Å². The van der Waals surface area contributed by atoms with Crippen molar-refractivity contribution >= 4 is 15.7 Å². The Hall–Kier alpha value is -2.03. The van der Waals surface area contributed by atoms with Gasteiger partial charge in [-0.1, -0.05) is 26.8 Å². The van der Waals surface area contributed by atoms with E-state index in [1.54, 1.807) is 0 Å². The van der Waals surface area contributed by atoms with Gasteiger partial charge in [-0.2, -0.15) is 18.3 Å². The third-order valence-corrected chi connectivity index (χ3v) is 5.05. The van der Waals surface area contributed by atoms with Gasteiger partial charge in [-0.05, 0) is 32.0 Å². The molecule has 0 aliphatic heterocycles. The number of nitrogens with one attached hydrogen (secondary N) is 1. The molecule has 0 radical (unpaired) electrons. The summed E-state index contributed by atoms with van der Waals surface area (Å²) in [6, 6.07) is 4.02. The summed E-state index contributed by atoms with van der Waals surface area (Å²) < 4.78 is 67.9. The minimum atomic E-state index is -4.56. The van der Waals surface area contributed by atoms with Crippen LogP contribution in [0.5, 0.6) is 0 Å². The Morgan fingerprint density at radius 1 is 1.15 bits per heavy atom. The van der Waals surface area contributed by atoms with Gasteiger partial charge in [0, 0.05) is 23.3 Å². The molecule has 0 saturated heterocycles. The van der Waals surface area contributed by atoms with Gasteiger partial charge in [0.25, 0.3) is 10.0 Å². The smallest absolute Gasteiger partial charge is 0.280 e. The molecule has 9 heteroatoms. The molecule has 144 valence electrons. The van der Waals surface area contributed by atoms with Crippen molar-refractivity contribution in [2.45, 2.75) is 57.1 Å². The van der Waals surface area contributed by atoms with Crippen molar-refractivity contribution in [3.05, 3.63) is 41.7 Å². The minimum absolute atomic E-state index is 0.0453. The fourth-order valence-corrected chi connectivity index (χ4v) is 3.72. The quantitative estimate of drug-likeness (QED) is 0.832. The number of halogens is 3. The van der Waals surface area contributed by atoms with Crippen LogP contribution in [0.1, 0.15) is 51.9 Å². The fraction of sp³-hybridized carbons (Fsp3) is 0.471. The Morgan fingerprint density at radius 2 is 1.77 bits per heavy atom. The third-order valence-electron chi connectivity index (χ3n) is 3.67. The van der Waals surface area contributed by atoms with E-state index in [-0.39, 0.29) is 16.6 Å². The van der Waals surface area contributed by atoms with Crippen LogP contribution in [-0.4, -0.2) is 18.2 Å². The fourth-order valence-electron chi connectivity index (χ4n) is 2.32. The maximum absolute atomic E-state index is 12.8. The van der Waals surface area contributed by atoms with Crippen LogP contribution in [0.4, 0.5) is 18.9 Å². The Balaban J connectivity index is 2.49. The summed E-state index contributed by atoms with van der Waals surface area (Å²) in [4.78, 5) is -0.0453. The van der Waals surface area contributed by atoms with Crippen LogP contribution in [0, 0.1) is 0 Å². The van der Waals surface area contributed by atoms with Gasteiger partial charge in [-0.3, -0.25) is 9.40 Å². The van der Waals surface area contributed by atoms with E-state index in [2.05, 4.69) is 9.82 Å². The highest BCUT2D eigenvalue weighted by Crippen LogP contribution is 2.33. The van der Waals surface area contributed by atoms with Crippen molar-refractivity contribution in [1.82, 2.24) is 9.78 Å². The second-order valence-corrected chi connectivity index (χ2v) is 9.00. The normalized spacial score (nSPS) is 13.3.